The van der Waals surface area contributed by atoms with E-state index < -0.39 is 0 Å². The highest BCUT2D eigenvalue weighted by Crippen LogP contribution is 2.36. The Hall–Kier alpha value is -1.02. The van der Waals surface area contributed by atoms with E-state index in [2.05, 4.69) is 43.3 Å². The molecule has 3 rings (SSSR count). The van der Waals surface area contributed by atoms with Gasteiger partial charge in [-0.2, -0.15) is 0 Å². The average molecular weight is 259 g/mol. The number of rotatable bonds is 4. The number of benzene rings is 1. The highest BCUT2D eigenvalue weighted by Gasteiger charge is 2.26. The SMILES string of the molecule is CN(C)C1CCCC(c2cccc(OC3CC3)c2)C1. The molecule has 0 amide bonds. The third-order valence-corrected chi connectivity index (χ3v) is 4.53. The summed E-state index contributed by atoms with van der Waals surface area (Å²) in [5, 5.41) is 0. The normalized spacial score (nSPS) is 27.5. The second-order valence-electron chi connectivity index (χ2n) is 6.37. The van der Waals surface area contributed by atoms with Gasteiger partial charge in [-0.15, -0.1) is 0 Å². The second kappa shape index (κ2) is 5.54. The van der Waals surface area contributed by atoms with Gasteiger partial charge in [-0.3, -0.25) is 0 Å². The zero-order valence-corrected chi connectivity index (χ0v) is 12.1. The lowest BCUT2D eigenvalue weighted by Crippen LogP contribution is -2.32. The van der Waals surface area contributed by atoms with E-state index in [-0.39, 0.29) is 0 Å². The van der Waals surface area contributed by atoms with Crippen molar-refractivity contribution in [2.24, 2.45) is 0 Å². The van der Waals surface area contributed by atoms with Crippen LogP contribution in [-0.4, -0.2) is 31.1 Å². The van der Waals surface area contributed by atoms with Gasteiger partial charge in [0.25, 0.3) is 0 Å². The molecule has 2 atom stereocenters. The fraction of sp³-hybridized carbons (Fsp3) is 0.647. The molecule has 19 heavy (non-hydrogen) atoms. The van der Waals surface area contributed by atoms with Crippen LogP contribution in [0.1, 0.15) is 50.0 Å². The van der Waals surface area contributed by atoms with Crippen molar-refractivity contribution in [1.29, 1.82) is 0 Å². The van der Waals surface area contributed by atoms with Crippen molar-refractivity contribution >= 4 is 0 Å². The Morgan fingerprint density at radius 3 is 2.68 bits per heavy atom. The smallest absolute Gasteiger partial charge is 0.119 e. The van der Waals surface area contributed by atoms with Gasteiger partial charge in [-0.25, -0.2) is 0 Å². The number of hydrogen-bond acceptors (Lipinski definition) is 2. The summed E-state index contributed by atoms with van der Waals surface area (Å²) >= 11 is 0. The zero-order valence-electron chi connectivity index (χ0n) is 12.1. The minimum absolute atomic E-state index is 0.496. The molecule has 0 saturated heterocycles. The molecule has 2 aliphatic carbocycles. The molecule has 2 saturated carbocycles. The molecule has 104 valence electrons. The minimum atomic E-state index is 0.496. The summed E-state index contributed by atoms with van der Waals surface area (Å²) in [6.45, 7) is 0. The van der Waals surface area contributed by atoms with Crippen molar-refractivity contribution in [3.05, 3.63) is 29.8 Å². The second-order valence-corrected chi connectivity index (χ2v) is 6.37. The Bertz CT molecular complexity index is 425. The summed E-state index contributed by atoms with van der Waals surface area (Å²) in [5.41, 5.74) is 1.48. The van der Waals surface area contributed by atoms with Crippen LogP contribution in [0.15, 0.2) is 24.3 Å². The Morgan fingerprint density at radius 1 is 1.11 bits per heavy atom. The minimum Gasteiger partial charge on any atom is -0.490 e. The molecule has 0 N–H and O–H groups in total. The van der Waals surface area contributed by atoms with E-state index in [1.807, 2.05) is 0 Å². The third kappa shape index (κ3) is 3.30. The molecule has 0 aromatic heterocycles. The van der Waals surface area contributed by atoms with Gasteiger partial charge >= 0.3 is 0 Å². The van der Waals surface area contributed by atoms with Crippen molar-refractivity contribution < 1.29 is 4.74 Å². The van der Waals surface area contributed by atoms with Crippen LogP contribution in [0.4, 0.5) is 0 Å². The molecule has 2 aliphatic rings. The van der Waals surface area contributed by atoms with Crippen molar-refractivity contribution in [1.82, 2.24) is 4.90 Å². The van der Waals surface area contributed by atoms with Gasteiger partial charge in [-0.1, -0.05) is 18.6 Å². The Labute approximate surface area is 116 Å². The Balaban J connectivity index is 1.69. The summed E-state index contributed by atoms with van der Waals surface area (Å²) in [6.07, 6.45) is 8.28. The fourth-order valence-electron chi connectivity index (χ4n) is 3.16. The van der Waals surface area contributed by atoms with Crippen LogP contribution in [-0.2, 0) is 0 Å². The van der Waals surface area contributed by atoms with E-state index in [1.54, 1.807) is 0 Å². The first-order valence-corrected chi connectivity index (χ1v) is 7.65. The maximum Gasteiger partial charge on any atom is 0.119 e. The van der Waals surface area contributed by atoms with E-state index in [1.165, 1.54) is 44.1 Å². The molecular weight excluding hydrogens is 234 g/mol. The van der Waals surface area contributed by atoms with Gasteiger partial charge in [0.15, 0.2) is 0 Å². The molecular formula is C17H25NO. The van der Waals surface area contributed by atoms with Crippen molar-refractivity contribution in [3.63, 3.8) is 0 Å². The van der Waals surface area contributed by atoms with Crippen LogP contribution >= 0.6 is 0 Å². The first-order valence-electron chi connectivity index (χ1n) is 7.65. The molecule has 2 unspecified atom stereocenters. The summed E-state index contributed by atoms with van der Waals surface area (Å²) in [6, 6.07) is 9.57. The number of ether oxygens (including phenoxy) is 1. The third-order valence-electron chi connectivity index (χ3n) is 4.53. The quantitative estimate of drug-likeness (QED) is 0.815. The van der Waals surface area contributed by atoms with Gasteiger partial charge in [0.1, 0.15) is 5.75 Å². The predicted molar refractivity (Wildman–Crippen MR) is 78.8 cm³/mol. The van der Waals surface area contributed by atoms with Crippen LogP contribution in [0.2, 0.25) is 0 Å². The topological polar surface area (TPSA) is 12.5 Å². The van der Waals surface area contributed by atoms with Gasteiger partial charge in [-0.05, 0) is 69.8 Å². The molecule has 0 aliphatic heterocycles. The summed E-state index contributed by atoms with van der Waals surface area (Å²) in [7, 11) is 4.42. The first kappa shape index (κ1) is 13.0. The standard InChI is InChI=1S/C17H25NO/c1-18(2)15-7-3-5-13(11-15)14-6-4-8-17(12-14)19-16-9-10-16/h4,6,8,12-13,15-16H,3,5,7,9-11H2,1-2H3. The molecule has 0 bridgehead atoms. The summed E-state index contributed by atoms with van der Waals surface area (Å²) < 4.78 is 5.92. The molecule has 1 aromatic carbocycles. The summed E-state index contributed by atoms with van der Waals surface area (Å²) in [5.74, 6) is 1.79. The maximum atomic E-state index is 5.92. The molecule has 2 heteroatoms. The average Bonchev–Trinajstić information content (AvgIpc) is 3.23. The molecule has 0 heterocycles. The van der Waals surface area contributed by atoms with Crippen LogP contribution in [0.5, 0.6) is 5.75 Å². The van der Waals surface area contributed by atoms with Crippen molar-refractivity contribution in [3.8, 4) is 5.75 Å². The van der Waals surface area contributed by atoms with E-state index in [4.69, 9.17) is 4.74 Å². The van der Waals surface area contributed by atoms with Gasteiger partial charge < -0.3 is 9.64 Å². The van der Waals surface area contributed by atoms with Gasteiger partial charge in [0.05, 0.1) is 6.10 Å². The highest BCUT2D eigenvalue weighted by atomic mass is 16.5. The first-order chi connectivity index (χ1) is 9.22. The van der Waals surface area contributed by atoms with Gasteiger partial charge in [0, 0.05) is 6.04 Å². The predicted octanol–water partition coefficient (Wildman–Crippen LogP) is 3.82. The molecule has 2 fully saturated rings. The summed E-state index contributed by atoms with van der Waals surface area (Å²) in [4.78, 5) is 2.39. The van der Waals surface area contributed by atoms with Crippen LogP contribution < -0.4 is 4.74 Å². The zero-order chi connectivity index (χ0) is 13.2. The fourth-order valence-corrected chi connectivity index (χ4v) is 3.16. The van der Waals surface area contributed by atoms with Crippen LogP contribution in [0.3, 0.4) is 0 Å². The number of nitrogens with zero attached hydrogens (tertiary/aromatic N) is 1. The lowest BCUT2D eigenvalue weighted by molar-refractivity contribution is 0.213. The lowest BCUT2D eigenvalue weighted by Gasteiger charge is -2.33. The van der Waals surface area contributed by atoms with E-state index >= 15 is 0 Å². The number of hydrogen-bond donors (Lipinski definition) is 0. The molecule has 1 aromatic rings. The largest absolute Gasteiger partial charge is 0.490 e. The van der Waals surface area contributed by atoms with Crippen LogP contribution in [0, 0.1) is 0 Å². The van der Waals surface area contributed by atoms with E-state index in [0.717, 1.165) is 11.8 Å². The lowest BCUT2D eigenvalue weighted by atomic mass is 9.81. The Kier molecular flexibility index (Phi) is 3.79. The van der Waals surface area contributed by atoms with Crippen LogP contribution in [0.25, 0.3) is 0 Å². The highest BCUT2D eigenvalue weighted by molar-refractivity contribution is 5.31. The molecule has 0 radical (unpaired) electrons. The maximum absolute atomic E-state index is 5.92. The van der Waals surface area contributed by atoms with E-state index in [9.17, 15) is 0 Å². The van der Waals surface area contributed by atoms with Crippen molar-refractivity contribution in [2.45, 2.75) is 56.6 Å². The molecule has 0 spiro atoms. The Morgan fingerprint density at radius 2 is 1.95 bits per heavy atom. The monoisotopic (exact) mass is 259 g/mol. The van der Waals surface area contributed by atoms with Crippen molar-refractivity contribution in [2.75, 3.05) is 14.1 Å². The van der Waals surface area contributed by atoms with Gasteiger partial charge in [0.2, 0.25) is 0 Å². The van der Waals surface area contributed by atoms with E-state index in [0.29, 0.717) is 12.0 Å². The molecule has 2 nitrogen and oxygen atoms in total.